The third-order valence-electron chi connectivity index (χ3n) is 4.65. The fraction of sp³-hybridized carbons (Fsp3) is 0.562. The normalized spacial score (nSPS) is 29.6. The average molecular weight is 324 g/mol. The van der Waals surface area contributed by atoms with Crippen molar-refractivity contribution in [2.75, 3.05) is 26.2 Å². The molecular formula is C16H22ClN3O2. The van der Waals surface area contributed by atoms with Crippen molar-refractivity contribution in [1.29, 1.82) is 0 Å². The second-order valence-corrected chi connectivity index (χ2v) is 6.69. The number of hydrazine groups is 1. The lowest BCUT2D eigenvalue weighted by atomic mass is 9.92. The first-order chi connectivity index (χ1) is 10.6. The Hall–Kier alpha value is -1.14. The summed E-state index contributed by atoms with van der Waals surface area (Å²) >= 11 is 6.09. The van der Waals surface area contributed by atoms with E-state index in [9.17, 15) is 9.90 Å². The van der Waals surface area contributed by atoms with Gasteiger partial charge in [0.25, 0.3) is 0 Å². The number of piperidine rings is 1. The number of likely N-dealkylation sites (tertiary alicyclic amines) is 1. The molecule has 2 fully saturated rings. The second kappa shape index (κ2) is 6.96. The van der Waals surface area contributed by atoms with Gasteiger partial charge in [0, 0.05) is 30.6 Å². The Bertz CT molecular complexity index is 540. The lowest BCUT2D eigenvalue weighted by Crippen LogP contribution is -2.42. The van der Waals surface area contributed by atoms with Gasteiger partial charge >= 0.3 is 5.97 Å². The van der Waals surface area contributed by atoms with Crippen LogP contribution in [-0.4, -0.2) is 42.2 Å². The SMILES string of the molecule is O=C(O)C1CCCN(CC2CNNC2c2cccc(Cl)c2)C1. The van der Waals surface area contributed by atoms with Gasteiger partial charge in [-0.15, -0.1) is 0 Å². The van der Waals surface area contributed by atoms with Gasteiger partial charge in [0.2, 0.25) is 0 Å². The maximum Gasteiger partial charge on any atom is 0.307 e. The smallest absolute Gasteiger partial charge is 0.307 e. The van der Waals surface area contributed by atoms with Crippen molar-refractivity contribution in [2.45, 2.75) is 18.9 Å². The molecule has 1 aromatic rings. The zero-order valence-electron chi connectivity index (χ0n) is 12.5. The van der Waals surface area contributed by atoms with E-state index in [4.69, 9.17) is 11.6 Å². The van der Waals surface area contributed by atoms with Gasteiger partial charge in [0.15, 0.2) is 0 Å². The number of nitrogens with one attached hydrogen (secondary N) is 2. The van der Waals surface area contributed by atoms with E-state index in [2.05, 4.69) is 21.8 Å². The molecule has 3 rings (SSSR count). The number of aliphatic carboxylic acids is 1. The molecule has 0 aromatic heterocycles. The molecule has 1 aromatic carbocycles. The van der Waals surface area contributed by atoms with Crippen molar-refractivity contribution in [2.24, 2.45) is 11.8 Å². The highest BCUT2D eigenvalue weighted by Gasteiger charge is 2.32. The standard InChI is InChI=1S/C16H22ClN3O2/c17-14-5-1-3-11(7-14)15-13(8-18-19-15)10-20-6-2-4-12(9-20)16(21)22/h1,3,5,7,12-13,15,18-19H,2,4,6,8-10H2,(H,21,22). The minimum atomic E-state index is -0.668. The predicted molar refractivity (Wildman–Crippen MR) is 85.6 cm³/mol. The highest BCUT2D eigenvalue weighted by atomic mass is 35.5. The minimum absolute atomic E-state index is 0.212. The van der Waals surface area contributed by atoms with Crippen LogP contribution in [-0.2, 0) is 4.79 Å². The highest BCUT2D eigenvalue weighted by Crippen LogP contribution is 2.28. The van der Waals surface area contributed by atoms with Crippen LogP contribution in [0.2, 0.25) is 5.02 Å². The third kappa shape index (κ3) is 3.60. The number of carbonyl (C=O) groups is 1. The first-order valence-electron chi connectivity index (χ1n) is 7.82. The number of hydrogen-bond donors (Lipinski definition) is 3. The molecule has 0 spiro atoms. The number of halogens is 1. The fourth-order valence-corrected chi connectivity index (χ4v) is 3.71. The Morgan fingerprint density at radius 3 is 3.09 bits per heavy atom. The van der Waals surface area contributed by atoms with Crippen molar-refractivity contribution in [3.8, 4) is 0 Å². The van der Waals surface area contributed by atoms with Crippen molar-refractivity contribution in [1.82, 2.24) is 15.8 Å². The van der Waals surface area contributed by atoms with Gasteiger partial charge < -0.3 is 10.0 Å². The summed E-state index contributed by atoms with van der Waals surface area (Å²) in [5.74, 6) is -0.481. The first-order valence-corrected chi connectivity index (χ1v) is 8.20. The minimum Gasteiger partial charge on any atom is -0.481 e. The van der Waals surface area contributed by atoms with Crippen molar-refractivity contribution in [3.63, 3.8) is 0 Å². The predicted octanol–water partition coefficient (Wildman–Crippen LogP) is 1.90. The molecule has 0 radical (unpaired) electrons. The Kier molecular flexibility index (Phi) is 4.98. The van der Waals surface area contributed by atoms with Gasteiger partial charge in [-0.3, -0.25) is 10.2 Å². The van der Waals surface area contributed by atoms with E-state index in [0.29, 0.717) is 12.5 Å². The van der Waals surface area contributed by atoms with Crippen LogP contribution in [0.5, 0.6) is 0 Å². The summed E-state index contributed by atoms with van der Waals surface area (Å²) in [6, 6.07) is 8.14. The Morgan fingerprint density at radius 2 is 2.32 bits per heavy atom. The van der Waals surface area contributed by atoms with Crippen LogP contribution in [0.3, 0.4) is 0 Å². The van der Waals surface area contributed by atoms with Crippen molar-refractivity contribution >= 4 is 17.6 Å². The van der Waals surface area contributed by atoms with E-state index in [1.165, 1.54) is 5.56 Å². The molecular weight excluding hydrogens is 302 g/mol. The maximum atomic E-state index is 11.2. The number of benzene rings is 1. The van der Waals surface area contributed by atoms with E-state index in [1.807, 2.05) is 18.2 Å². The van der Waals surface area contributed by atoms with Crippen LogP contribution in [0.15, 0.2) is 24.3 Å². The third-order valence-corrected chi connectivity index (χ3v) is 4.88. The monoisotopic (exact) mass is 323 g/mol. The molecule has 2 saturated heterocycles. The average Bonchev–Trinajstić information content (AvgIpc) is 2.95. The molecule has 3 unspecified atom stereocenters. The van der Waals surface area contributed by atoms with Crippen LogP contribution in [0.1, 0.15) is 24.4 Å². The van der Waals surface area contributed by atoms with E-state index in [1.54, 1.807) is 0 Å². The largest absolute Gasteiger partial charge is 0.481 e. The van der Waals surface area contributed by atoms with Crippen LogP contribution in [0.4, 0.5) is 0 Å². The zero-order valence-corrected chi connectivity index (χ0v) is 13.2. The molecule has 6 heteroatoms. The lowest BCUT2D eigenvalue weighted by Gasteiger charge is -2.33. The summed E-state index contributed by atoms with van der Waals surface area (Å²) in [5, 5.41) is 9.96. The summed E-state index contributed by atoms with van der Waals surface area (Å²) in [6.07, 6.45) is 1.76. The van der Waals surface area contributed by atoms with Crippen LogP contribution in [0.25, 0.3) is 0 Å². The van der Waals surface area contributed by atoms with Gasteiger partial charge in [0.05, 0.1) is 12.0 Å². The molecule has 3 atom stereocenters. The molecule has 2 aliphatic heterocycles. The molecule has 0 amide bonds. The van der Waals surface area contributed by atoms with Crippen molar-refractivity contribution in [3.05, 3.63) is 34.9 Å². The number of hydrogen-bond acceptors (Lipinski definition) is 4. The molecule has 0 aliphatic carbocycles. The topological polar surface area (TPSA) is 64.6 Å². The number of carboxylic acids is 1. The Labute approximate surface area is 135 Å². The van der Waals surface area contributed by atoms with E-state index in [-0.39, 0.29) is 12.0 Å². The molecule has 120 valence electrons. The van der Waals surface area contributed by atoms with Gasteiger partial charge in [-0.1, -0.05) is 23.7 Å². The maximum absolute atomic E-state index is 11.2. The second-order valence-electron chi connectivity index (χ2n) is 6.25. The van der Waals surface area contributed by atoms with Crippen molar-refractivity contribution < 1.29 is 9.90 Å². The van der Waals surface area contributed by atoms with E-state index < -0.39 is 5.97 Å². The molecule has 22 heavy (non-hydrogen) atoms. The van der Waals surface area contributed by atoms with Crippen LogP contribution in [0, 0.1) is 11.8 Å². The molecule has 2 heterocycles. The Morgan fingerprint density at radius 1 is 1.45 bits per heavy atom. The summed E-state index contributed by atoms with van der Waals surface area (Å²) in [7, 11) is 0. The number of rotatable bonds is 4. The highest BCUT2D eigenvalue weighted by molar-refractivity contribution is 6.30. The molecule has 0 bridgehead atoms. The zero-order chi connectivity index (χ0) is 15.5. The van der Waals surface area contributed by atoms with E-state index in [0.717, 1.165) is 37.5 Å². The quantitative estimate of drug-likeness (QED) is 0.790. The van der Waals surface area contributed by atoms with Gasteiger partial charge in [-0.2, -0.15) is 0 Å². The summed E-state index contributed by atoms with van der Waals surface area (Å²) in [6.45, 7) is 3.43. The Balaban J connectivity index is 1.65. The summed E-state index contributed by atoms with van der Waals surface area (Å²) < 4.78 is 0. The molecule has 3 N–H and O–H groups in total. The fourth-order valence-electron chi connectivity index (χ4n) is 3.52. The summed E-state index contributed by atoms with van der Waals surface area (Å²) in [4.78, 5) is 13.5. The lowest BCUT2D eigenvalue weighted by molar-refractivity contribution is -0.143. The molecule has 5 nitrogen and oxygen atoms in total. The van der Waals surface area contributed by atoms with E-state index >= 15 is 0 Å². The first kappa shape index (κ1) is 15.7. The van der Waals surface area contributed by atoms with Crippen LogP contribution >= 0.6 is 11.6 Å². The van der Waals surface area contributed by atoms with Gasteiger partial charge in [-0.05, 0) is 37.1 Å². The number of nitrogens with zero attached hydrogens (tertiary/aromatic N) is 1. The number of carboxylic acid groups (broad SMARTS) is 1. The van der Waals surface area contributed by atoms with Gasteiger partial charge in [-0.25, -0.2) is 5.43 Å². The van der Waals surface area contributed by atoms with Crippen LogP contribution < -0.4 is 10.9 Å². The van der Waals surface area contributed by atoms with Gasteiger partial charge in [0.1, 0.15) is 0 Å². The molecule has 0 saturated carbocycles. The molecule has 2 aliphatic rings. The summed E-state index contributed by atoms with van der Waals surface area (Å²) in [5.41, 5.74) is 7.73.